The van der Waals surface area contributed by atoms with Gasteiger partial charge in [-0.25, -0.2) is 0 Å². The molecule has 3 nitrogen and oxygen atoms in total. The molecule has 2 heterocycles. The number of benzene rings is 2. The molecule has 2 aromatic heterocycles. The smallest absolute Gasteiger partial charge is 0.178 e. The number of rotatable bonds is 4. The van der Waals surface area contributed by atoms with Crippen LogP contribution in [0, 0.1) is 0 Å². The van der Waals surface area contributed by atoms with Crippen LogP contribution >= 0.6 is 0 Å². The van der Waals surface area contributed by atoms with E-state index >= 15 is 0 Å². The van der Waals surface area contributed by atoms with Crippen molar-refractivity contribution < 1.29 is 4.79 Å². The van der Waals surface area contributed by atoms with Gasteiger partial charge in [-0.05, 0) is 47.2 Å². The number of carbonyl (C=O) groups excluding carboxylic acids is 1. The Morgan fingerprint density at radius 2 is 1.12 bits per heavy atom. The Balaban J connectivity index is 1.58. The van der Waals surface area contributed by atoms with Gasteiger partial charge in [0, 0.05) is 23.2 Å². The van der Waals surface area contributed by atoms with Gasteiger partial charge in [0.15, 0.2) is 5.78 Å². The zero-order valence-electron chi connectivity index (χ0n) is 14.0. The van der Waals surface area contributed by atoms with Gasteiger partial charge in [0.25, 0.3) is 0 Å². The van der Waals surface area contributed by atoms with Crippen molar-refractivity contribution in [2.45, 2.75) is 0 Å². The molecule has 4 aromatic rings. The van der Waals surface area contributed by atoms with Crippen LogP contribution in [0.4, 0.5) is 0 Å². The quantitative estimate of drug-likeness (QED) is 0.488. The van der Waals surface area contributed by atoms with Crippen LogP contribution in [0.3, 0.4) is 0 Å². The number of carbonyl (C=O) groups is 1. The fourth-order valence-corrected chi connectivity index (χ4v) is 2.93. The Kier molecular flexibility index (Phi) is 4.35. The van der Waals surface area contributed by atoms with Crippen LogP contribution < -0.4 is 0 Å². The molecule has 0 saturated heterocycles. The first kappa shape index (κ1) is 15.9. The lowest BCUT2D eigenvalue weighted by molar-refractivity contribution is -0.110. The third kappa shape index (κ3) is 3.28. The maximum atomic E-state index is 12.2. The van der Waals surface area contributed by atoms with E-state index < -0.39 is 0 Å². The van der Waals surface area contributed by atoms with E-state index in [0.717, 1.165) is 32.9 Å². The van der Waals surface area contributed by atoms with Crippen LogP contribution in [-0.4, -0.2) is 15.8 Å². The van der Waals surface area contributed by atoms with Crippen molar-refractivity contribution >= 4 is 39.5 Å². The van der Waals surface area contributed by atoms with Crippen molar-refractivity contribution in [1.29, 1.82) is 0 Å². The summed E-state index contributed by atoms with van der Waals surface area (Å²) in [5.74, 6) is -0.102. The van der Waals surface area contributed by atoms with E-state index in [1.807, 2.05) is 60.7 Å². The molecule has 0 fully saturated rings. The second kappa shape index (κ2) is 7.11. The highest BCUT2D eigenvalue weighted by Crippen LogP contribution is 2.18. The number of hydrogen-bond donors (Lipinski definition) is 0. The van der Waals surface area contributed by atoms with Gasteiger partial charge < -0.3 is 0 Å². The van der Waals surface area contributed by atoms with Gasteiger partial charge in [-0.1, -0.05) is 48.5 Å². The fourth-order valence-electron chi connectivity index (χ4n) is 2.93. The molecule has 0 amide bonds. The van der Waals surface area contributed by atoms with Crippen LogP contribution in [0.15, 0.2) is 85.2 Å². The van der Waals surface area contributed by atoms with Crippen LogP contribution in [0.5, 0.6) is 0 Å². The lowest BCUT2D eigenvalue weighted by Gasteiger charge is -2.00. The number of pyridine rings is 2. The van der Waals surface area contributed by atoms with Crippen LogP contribution in [0.25, 0.3) is 33.7 Å². The van der Waals surface area contributed by atoms with Crippen LogP contribution in [0.2, 0.25) is 0 Å². The minimum Gasteiger partial charge on any atom is -0.290 e. The molecule has 0 unspecified atom stereocenters. The summed E-state index contributed by atoms with van der Waals surface area (Å²) >= 11 is 0. The van der Waals surface area contributed by atoms with Crippen molar-refractivity contribution in [2.24, 2.45) is 0 Å². The summed E-state index contributed by atoms with van der Waals surface area (Å²) in [5.41, 5.74) is 1.57. The molecule has 0 atom stereocenters. The normalized spacial score (nSPS) is 11.7. The zero-order valence-corrected chi connectivity index (χ0v) is 14.0. The van der Waals surface area contributed by atoms with Gasteiger partial charge in [-0.3, -0.25) is 14.8 Å². The molecular formula is C23H16N2O. The summed E-state index contributed by atoms with van der Waals surface area (Å²) < 4.78 is 0. The third-order valence-electron chi connectivity index (χ3n) is 4.22. The number of fused-ring (bicyclic) bond motifs is 2. The maximum Gasteiger partial charge on any atom is 0.178 e. The molecule has 26 heavy (non-hydrogen) atoms. The van der Waals surface area contributed by atoms with Crippen molar-refractivity contribution in [1.82, 2.24) is 9.97 Å². The van der Waals surface area contributed by atoms with Gasteiger partial charge in [0.05, 0.1) is 11.4 Å². The summed E-state index contributed by atoms with van der Waals surface area (Å²) in [7, 11) is 0. The van der Waals surface area contributed by atoms with Crippen molar-refractivity contribution in [3.05, 3.63) is 96.6 Å². The minimum atomic E-state index is -0.102. The van der Waals surface area contributed by atoms with E-state index in [4.69, 9.17) is 0 Å². The van der Waals surface area contributed by atoms with E-state index in [1.54, 1.807) is 24.5 Å². The molecule has 0 bridgehead atoms. The average molecular weight is 336 g/mol. The van der Waals surface area contributed by atoms with E-state index in [2.05, 4.69) is 9.97 Å². The highest BCUT2D eigenvalue weighted by molar-refractivity contribution is 6.06. The second-order valence-corrected chi connectivity index (χ2v) is 5.90. The summed E-state index contributed by atoms with van der Waals surface area (Å²) in [6.07, 6.45) is 10.1. The molecule has 0 N–H and O–H groups in total. The predicted molar refractivity (Wildman–Crippen MR) is 107 cm³/mol. The Hall–Kier alpha value is -3.59. The summed E-state index contributed by atoms with van der Waals surface area (Å²) in [4.78, 5) is 21.0. The van der Waals surface area contributed by atoms with Gasteiger partial charge in [-0.2, -0.15) is 0 Å². The molecule has 3 heteroatoms. The number of hydrogen-bond acceptors (Lipinski definition) is 3. The molecule has 0 spiro atoms. The van der Waals surface area contributed by atoms with E-state index in [-0.39, 0.29) is 5.78 Å². The van der Waals surface area contributed by atoms with Crippen molar-refractivity contribution in [2.75, 3.05) is 0 Å². The number of nitrogens with zero attached hydrogens (tertiary/aromatic N) is 2. The molecule has 0 aliphatic carbocycles. The van der Waals surface area contributed by atoms with E-state index in [9.17, 15) is 4.79 Å². The monoisotopic (exact) mass is 336 g/mol. The van der Waals surface area contributed by atoms with Gasteiger partial charge >= 0.3 is 0 Å². The van der Waals surface area contributed by atoms with Crippen molar-refractivity contribution in [3.8, 4) is 0 Å². The zero-order chi connectivity index (χ0) is 17.8. The predicted octanol–water partition coefficient (Wildman–Crippen LogP) is 5.08. The first-order valence-electron chi connectivity index (χ1n) is 8.39. The third-order valence-corrected chi connectivity index (χ3v) is 4.22. The standard InChI is InChI=1S/C23H16N2O/c26-19(9-11-22-20-7-3-1-5-17(20)13-15-24-22)10-12-23-21-8-4-2-6-18(21)14-16-25-23/h1-16H/b11-9+,12-10+. The Bertz CT molecular complexity index is 1060. The first-order valence-corrected chi connectivity index (χ1v) is 8.39. The average Bonchev–Trinajstić information content (AvgIpc) is 2.70. The number of ketones is 1. The van der Waals surface area contributed by atoms with Gasteiger partial charge in [0.2, 0.25) is 0 Å². The summed E-state index contributed by atoms with van der Waals surface area (Å²) in [6, 6.07) is 19.9. The molecule has 2 aromatic carbocycles. The second-order valence-electron chi connectivity index (χ2n) is 5.90. The topological polar surface area (TPSA) is 42.9 Å². The number of allylic oxidation sites excluding steroid dienone is 2. The van der Waals surface area contributed by atoms with Crippen LogP contribution in [-0.2, 0) is 4.79 Å². The molecule has 0 aliphatic heterocycles. The van der Waals surface area contributed by atoms with Gasteiger partial charge in [-0.15, -0.1) is 0 Å². The first-order chi connectivity index (χ1) is 12.8. The molecule has 4 rings (SSSR count). The molecule has 0 saturated carbocycles. The van der Waals surface area contributed by atoms with Gasteiger partial charge in [0.1, 0.15) is 0 Å². The maximum absolute atomic E-state index is 12.2. The Labute approximate surface area is 151 Å². The molecule has 124 valence electrons. The molecule has 0 radical (unpaired) electrons. The SMILES string of the molecule is O=C(/C=C/c1nccc2ccccc12)/C=C/c1nccc2ccccc12. The lowest BCUT2D eigenvalue weighted by Crippen LogP contribution is -1.89. The summed E-state index contributed by atoms with van der Waals surface area (Å²) in [5, 5.41) is 4.26. The lowest BCUT2D eigenvalue weighted by atomic mass is 10.1. The fraction of sp³-hybridized carbons (Fsp3) is 0. The molecular weight excluding hydrogens is 320 g/mol. The van der Waals surface area contributed by atoms with E-state index in [1.165, 1.54) is 12.2 Å². The molecule has 0 aliphatic rings. The minimum absolute atomic E-state index is 0.102. The number of aromatic nitrogens is 2. The van der Waals surface area contributed by atoms with E-state index in [0.29, 0.717) is 0 Å². The summed E-state index contributed by atoms with van der Waals surface area (Å²) in [6.45, 7) is 0. The Morgan fingerprint density at radius 3 is 1.62 bits per heavy atom. The highest BCUT2D eigenvalue weighted by atomic mass is 16.1. The van der Waals surface area contributed by atoms with Crippen LogP contribution in [0.1, 0.15) is 11.4 Å². The largest absolute Gasteiger partial charge is 0.290 e. The van der Waals surface area contributed by atoms with Crippen molar-refractivity contribution in [3.63, 3.8) is 0 Å². The Morgan fingerprint density at radius 1 is 0.654 bits per heavy atom. The highest BCUT2D eigenvalue weighted by Gasteiger charge is 2.00.